The molecule has 4 rings (SSSR count). The van der Waals surface area contributed by atoms with Gasteiger partial charge in [0.1, 0.15) is 5.75 Å². The van der Waals surface area contributed by atoms with Crippen molar-refractivity contribution in [1.29, 1.82) is 0 Å². The van der Waals surface area contributed by atoms with E-state index >= 15 is 0 Å². The first-order chi connectivity index (χ1) is 12.3. The topological polar surface area (TPSA) is 55.6 Å². The van der Waals surface area contributed by atoms with Crippen molar-refractivity contribution in [2.24, 2.45) is 0 Å². The zero-order chi connectivity index (χ0) is 17.2. The van der Waals surface area contributed by atoms with Crippen LogP contribution in [0.3, 0.4) is 0 Å². The molecule has 3 aromatic rings. The van der Waals surface area contributed by atoms with E-state index in [2.05, 4.69) is 17.4 Å². The lowest BCUT2D eigenvalue weighted by atomic mass is 10.0. The van der Waals surface area contributed by atoms with Gasteiger partial charge in [-0.15, -0.1) is 0 Å². The molecule has 25 heavy (non-hydrogen) atoms. The molecule has 2 aromatic heterocycles. The lowest BCUT2D eigenvalue weighted by Crippen LogP contribution is -2.24. The Morgan fingerprint density at radius 3 is 2.92 bits per heavy atom. The largest absolute Gasteiger partial charge is 0.493 e. The van der Waals surface area contributed by atoms with Gasteiger partial charge < -0.3 is 10.1 Å². The Morgan fingerprint density at radius 1 is 1.28 bits per heavy atom. The number of hydrogen-bond donors (Lipinski definition) is 1. The Bertz CT molecular complexity index is 916. The third-order valence-corrected chi connectivity index (χ3v) is 4.63. The molecule has 0 bridgehead atoms. The lowest BCUT2D eigenvalue weighted by molar-refractivity contribution is -0.120. The number of benzene rings is 1. The number of carbonyl (C=O) groups excluding carboxylic acids is 1. The van der Waals surface area contributed by atoms with Gasteiger partial charge in [-0.2, -0.15) is 5.10 Å². The van der Waals surface area contributed by atoms with Crippen molar-refractivity contribution < 1.29 is 9.53 Å². The van der Waals surface area contributed by atoms with Crippen LogP contribution in [0, 0.1) is 0 Å². The van der Waals surface area contributed by atoms with Crippen LogP contribution in [0.5, 0.6) is 5.75 Å². The molecule has 1 N–H and O–H groups in total. The van der Waals surface area contributed by atoms with Crippen molar-refractivity contribution in [3.05, 3.63) is 53.7 Å². The molecule has 0 saturated carbocycles. The number of hydrogen-bond acceptors (Lipinski definition) is 3. The lowest BCUT2D eigenvalue weighted by Gasteiger charge is -2.07. The highest BCUT2D eigenvalue weighted by Gasteiger charge is 2.22. The fourth-order valence-electron chi connectivity index (χ4n) is 3.41. The maximum absolute atomic E-state index is 11.6. The molecule has 0 spiro atoms. The van der Waals surface area contributed by atoms with Gasteiger partial charge in [-0.1, -0.05) is 37.3 Å². The Balaban J connectivity index is 1.81. The van der Waals surface area contributed by atoms with E-state index in [1.807, 2.05) is 41.9 Å². The van der Waals surface area contributed by atoms with Gasteiger partial charge in [-0.3, -0.25) is 4.79 Å². The van der Waals surface area contributed by atoms with Crippen molar-refractivity contribution >= 4 is 11.4 Å². The molecule has 0 unspecified atom stereocenters. The average Bonchev–Trinajstić information content (AvgIpc) is 3.26. The minimum absolute atomic E-state index is 0.0753. The zero-order valence-electron chi connectivity index (χ0n) is 14.3. The Labute approximate surface area is 146 Å². The molecule has 0 fully saturated rings. The quantitative estimate of drug-likeness (QED) is 0.780. The third-order valence-electron chi connectivity index (χ3n) is 4.63. The predicted molar refractivity (Wildman–Crippen MR) is 96.8 cm³/mol. The van der Waals surface area contributed by atoms with Gasteiger partial charge >= 0.3 is 0 Å². The molecule has 0 radical (unpaired) electrons. The van der Waals surface area contributed by atoms with Crippen molar-refractivity contribution in [1.82, 2.24) is 14.9 Å². The van der Waals surface area contributed by atoms with Crippen LogP contribution in [0.4, 0.5) is 0 Å². The van der Waals surface area contributed by atoms with Gasteiger partial charge in [-0.25, -0.2) is 4.52 Å². The van der Waals surface area contributed by atoms with E-state index in [4.69, 9.17) is 9.84 Å². The van der Waals surface area contributed by atoms with E-state index in [0.717, 1.165) is 35.4 Å². The second-order valence-corrected chi connectivity index (χ2v) is 6.20. The Kier molecular flexibility index (Phi) is 4.14. The van der Waals surface area contributed by atoms with Crippen molar-refractivity contribution in [3.63, 3.8) is 0 Å². The van der Waals surface area contributed by atoms with Crippen LogP contribution >= 0.6 is 0 Å². The van der Waals surface area contributed by atoms with Crippen LogP contribution in [-0.2, 0) is 17.6 Å². The predicted octanol–water partition coefficient (Wildman–Crippen LogP) is 3.00. The SMILES string of the molecule is CCC(=O)NCCc1c(-c2ccccc2)nn2ccc3c(c12)CCO3. The number of fused-ring (bicyclic) bond motifs is 3. The van der Waals surface area contributed by atoms with E-state index in [9.17, 15) is 4.79 Å². The van der Waals surface area contributed by atoms with Crippen LogP contribution < -0.4 is 10.1 Å². The van der Waals surface area contributed by atoms with E-state index in [-0.39, 0.29) is 5.91 Å². The number of aromatic nitrogens is 2. The summed E-state index contributed by atoms with van der Waals surface area (Å²) in [6, 6.07) is 12.2. The minimum atomic E-state index is 0.0753. The van der Waals surface area contributed by atoms with Crippen LogP contribution in [0.1, 0.15) is 24.5 Å². The number of carbonyl (C=O) groups is 1. The summed E-state index contributed by atoms with van der Waals surface area (Å²) in [5, 5.41) is 7.80. The first-order valence-corrected chi connectivity index (χ1v) is 8.76. The van der Waals surface area contributed by atoms with Gasteiger partial charge in [0.2, 0.25) is 5.91 Å². The summed E-state index contributed by atoms with van der Waals surface area (Å²) < 4.78 is 7.68. The van der Waals surface area contributed by atoms with E-state index < -0.39 is 0 Å². The normalized spacial score (nSPS) is 12.8. The number of nitrogens with one attached hydrogen (secondary N) is 1. The summed E-state index contributed by atoms with van der Waals surface area (Å²) in [5.74, 6) is 1.03. The first-order valence-electron chi connectivity index (χ1n) is 8.76. The van der Waals surface area contributed by atoms with Crippen LogP contribution in [-0.4, -0.2) is 28.7 Å². The highest BCUT2D eigenvalue weighted by atomic mass is 16.5. The summed E-state index contributed by atoms with van der Waals surface area (Å²) in [5.41, 5.74) is 5.58. The van der Waals surface area contributed by atoms with E-state index in [1.165, 1.54) is 11.1 Å². The van der Waals surface area contributed by atoms with Crippen molar-refractivity contribution in [2.75, 3.05) is 13.2 Å². The fraction of sp³-hybridized carbons (Fsp3) is 0.300. The minimum Gasteiger partial charge on any atom is -0.493 e. The highest BCUT2D eigenvalue weighted by molar-refractivity contribution is 5.78. The molecule has 5 nitrogen and oxygen atoms in total. The molecule has 0 aliphatic carbocycles. The van der Waals surface area contributed by atoms with Crippen LogP contribution in [0.15, 0.2) is 42.6 Å². The zero-order valence-corrected chi connectivity index (χ0v) is 14.3. The highest BCUT2D eigenvalue weighted by Crippen LogP contribution is 2.35. The molecule has 0 atom stereocenters. The smallest absolute Gasteiger partial charge is 0.219 e. The van der Waals surface area contributed by atoms with Gasteiger partial charge in [0.25, 0.3) is 0 Å². The summed E-state index contributed by atoms with van der Waals surface area (Å²) >= 11 is 0. The molecule has 1 aliphatic heterocycles. The first kappa shape index (κ1) is 15.7. The second-order valence-electron chi connectivity index (χ2n) is 6.20. The average molecular weight is 335 g/mol. The second kappa shape index (κ2) is 6.59. The molecule has 3 heterocycles. The number of amides is 1. The molecule has 0 saturated heterocycles. The van der Waals surface area contributed by atoms with Crippen LogP contribution in [0.2, 0.25) is 0 Å². The van der Waals surface area contributed by atoms with Crippen molar-refractivity contribution in [2.45, 2.75) is 26.2 Å². The maximum Gasteiger partial charge on any atom is 0.219 e. The number of rotatable bonds is 5. The number of nitrogens with zero attached hydrogens (tertiary/aromatic N) is 2. The fourth-order valence-corrected chi connectivity index (χ4v) is 3.41. The van der Waals surface area contributed by atoms with Gasteiger partial charge in [0.05, 0.1) is 17.8 Å². The standard InChI is InChI=1S/C20H21N3O2/c1-2-18(24)21-11-8-16-19(14-6-4-3-5-7-14)22-23-12-9-17-15(20(16)23)10-13-25-17/h3-7,9,12H,2,8,10-11,13H2,1H3,(H,21,24). The molecular weight excluding hydrogens is 314 g/mol. The van der Waals surface area contributed by atoms with Crippen LogP contribution in [0.25, 0.3) is 16.8 Å². The van der Waals surface area contributed by atoms with E-state index in [1.54, 1.807) is 0 Å². The molecular formula is C20H21N3O2. The summed E-state index contributed by atoms with van der Waals surface area (Å²) in [6.45, 7) is 3.19. The number of pyridine rings is 1. The summed E-state index contributed by atoms with van der Waals surface area (Å²) in [4.78, 5) is 11.6. The Hall–Kier alpha value is -2.82. The van der Waals surface area contributed by atoms with E-state index in [0.29, 0.717) is 19.6 Å². The maximum atomic E-state index is 11.6. The molecule has 128 valence electrons. The number of ether oxygens (including phenoxy) is 1. The Morgan fingerprint density at radius 2 is 2.12 bits per heavy atom. The third kappa shape index (κ3) is 2.86. The summed E-state index contributed by atoms with van der Waals surface area (Å²) in [7, 11) is 0. The molecule has 5 heteroatoms. The van der Waals surface area contributed by atoms with Gasteiger partial charge in [0.15, 0.2) is 0 Å². The molecule has 1 amide bonds. The summed E-state index contributed by atoms with van der Waals surface area (Å²) in [6.07, 6.45) is 4.10. The molecule has 1 aliphatic rings. The molecule has 1 aromatic carbocycles. The monoisotopic (exact) mass is 335 g/mol. The van der Waals surface area contributed by atoms with Crippen molar-refractivity contribution in [3.8, 4) is 17.0 Å². The van der Waals surface area contributed by atoms with Gasteiger partial charge in [0, 0.05) is 42.3 Å². The van der Waals surface area contributed by atoms with Gasteiger partial charge in [-0.05, 0) is 12.5 Å².